The number of ether oxygens (including phenoxy) is 2. The van der Waals surface area contributed by atoms with Crippen molar-refractivity contribution in [2.45, 2.75) is 13.1 Å². The van der Waals surface area contributed by atoms with E-state index in [-0.39, 0.29) is 0 Å². The summed E-state index contributed by atoms with van der Waals surface area (Å²) in [6, 6.07) is 29.5. The standard InChI is InChI=1S/C35H36N4O3/c40-35-28(23-38-11-15-41-16-12-38)20-30(21-29(35)24-39-13-17-42-18-14-39)36-34-22-33(37-32-8-4-3-7-31(32)34)27-10-9-25-5-1-2-6-26(25)19-27/h1-10,19-22,40H,11-18,23-24H2,(H,36,37). The summed E-state index contributed by atoms with van der Waals surface area (Å²) >= 11 is 0. The van der Waals surface area contributed by atoms with Crippen LogP contribution in [0.15, 0.2) is 84.9 Å². The average molecular weight is 561 g/mol. The first kappa shape index (κ1) is 26.9. The lowest BCUT2D eigenvalue weighted by atomic mass is 10.0. The summed E-state index contributed by atoms with van der Waals surface area (Å²) in [5.41, 5.74) is 6.74. The molecule has 0 amide bonds. The van der Waals surface area contributed by atoms with Gasteiger partial charge in [-0.2, -0.15) is 0 Å². The van der Waals surface area contributed by atoms with Gasteiger partial charge in [-0.05, 0) is 41.1 Å². The first-order chi connectivity index (χ1) is 20.7. The van der Waals surface area contributed by atoms with Crippen LogP contribution in [0.5, 0.6) is 5.75 Å². The Labute approximate surface area is 246 Å². The monoisotopic (exact) mass is 560 g/mol. The van der Waals surface area contributed by atoms with Crippen LogP contribution in [-0.2, 0) is 22.6 Å². The second kappa shape index (κ2) is 12.1. The number of anilines is 2. The van der Waals surface area contributed by atoms with Gasteiger partial charge in [0, 0.05) is 67.0 Å². The summed E-state index contributed by atoms with van der Waals surface area (Å²) in [7, 11) is 0. The highest BCUT2D eigenvalue weighted by atomic mass is 16.5. The van der Waals surface area contributed by atoms with Crippen LogP contribution in [0.1, 0.15) is 11.1 Å². The molecule has 0 aliphatic carbocycles. The Morgan fingerprint density at radius 1 is 0.690 bits per heavy atom. The third kappa shape index (κ3) is 5.82. The number of para-hydroxylation sites is 1. The smallest absolute Gasteiger partial charge is 0.124 e. The van der Waals surface area contributed by atoms with Gasteiger partial charge in [-0.25, -0.2) is 4.98 Å². The van der Waals surface area contributed by atoms with Gasteiger partial charge in [-0.3, -0.25) is 9.80 Å². The Morgan fingerprint density at radius 3 is 2.00 bits per heavy atom. The number of morpholine rings is 2. The molecule has 2 fully saturated rings. The highest BCUT2D eigenvalue weighted by Crippen LogP contribution is 2.35. The maximum absolute atomic E-state index is 11.4. The van der Waals surface area contributed by atoms with Crippen LogP contribution in [0.3, 0.4) is 0 Å². The molecule has 0 radical (unpaired) electrons. The van der Waals surface area contributed by atoms with E-state index in [1.807, 2.05) is 6.07 Å². The minimum atomic E-state index is 0.384. The van der Waals surface area contributed by atoms with Crippen molar-refractivity contribution in [3.8, 4) is 17.0 Å². The number of nitrogens with one attached hydrogen (secondary N) is 1. The van der Waals surface area contributed by atoms with Gasteiger partial charge in [0.15, 0.2) is 0 Å². The van der Waals surface area contributed by atoms with Crippen molar-refractivity contribution >= 4 is 33.1 Å². The Hall–Kier alpha value is -4.01. The minimum absolute atomic E-state index is 0.384. The third-order valence-corrected chi connectivity index (χ3v) is 8.30. The molecule has 3 heterocycles. The van der Waals surface area contributed by atoms with Crippen molar-refractivity contribution in [3.63, 3.8) is 0 Å². The molecule has 0 saturated carbocycles. The van der Waals surface area contributed by atoms with Crippen LogP contribution in [-0.4, -0.2) is 72.5 Å². The molecular formula is C35H36N4O3. The number of pyridine rings is 1. The summed E-state index contributed by atoms with van der Waals surface area (Å²) in [5.74, 6) is 0.384. The number of aromatic nitrogens is 1. The highest BCUT2D eigenvalue weighted by molar-refractivity contribution is 5.96. The quantitative estimate of drug-likeness (QED) is 0.231. The molecule has 214 valence electrons. The lowest BCUT2D eigenvalue weighted by Gasteiger charge is -2.29. The van der Waals surface area contributed by atoms with Gasteiger partial charge in [-0.15, -0.1) is 0 Å². The molecule has 2 N–H and O–H groups in total. The number of phenols is 1. The molecule has 4 aromatic carbocycles. The molecule has 1 aromatic heterocycles. The fourth-order valence-corrected chi connectivity index (χ4v) is 6.00. The predicted molar refractivity (Wildman–Crippen MR) is 168 cm³/mol. The molecule has 2 aliphatic heterocycles. The second-order valence-electron chi connectivity index (χ2n) is 11.2. The number of phenolic OH excluding ortho intramolecular Hbond substituents is 1. The number of hydrogen-bond acceptors (Lipinski definition) is 7. The number of aromatic hydroxyl groups is 1. The van der Waals surface area contributed by atoms with E-state index in [0.717, 1.165) is 97.3 Å². The fraction of sp³-hybridized carbons (Fsp3) is 0.286. The van der Waals surface area contributed by atoms with E-state index in [2.05, 4.69) is 94.0 Å². The molecule has 2 saturated heterocycles. The summed E-state index contributed by atoms with van der Waals surface area (Å²) in [5, 5.41) is 18.6. The summed E-state index contributed by atoms with van der Waals surface area (Å²) < 4.78 is 11.1. The van der Waals surface area contributed by atoms with E-state index in [1.54, 1.807) is 0 Å². The first-order valence-electron chi connectivity index (χ1n) is 14.8. The van der Waals surface area contributed by atoms with E-state index >= 15 is 0 Å². The van der Waals surface area contributed by atoms with Crippen LogP contribution >= 0.6 is 0 Å². The van der Waals surface area contributed by atoms with E-state index in [9.17, 15) is 5.11 Å². The number of rotatable bonds is 7. The van der Waals surface area contributed by atoms with Gasteiger partial charge < -0.3 is 19.9 Å². The summed E-state index contributed by atoms with van der Waals surface area (Å²) in [6.45, 7) is 7.69. The molecule has 0 bridgehead atoms. The van der Waals surface area contributed by atoms with Crippen LogP contribution in [0.4, 0.5) is 11.4 Å². The van der Waals surface area contributed by atoms with Crippen molar-refractivity contribution in [2.24, 2.45) is 0 Å². The highest BCUT2D eigenvalue weighted by Gasteiger charge is 2.19. The zero-order valence-electron chi connectivity index (χ0n) is 23.8. The zero-order valence-corrected chi connectivity index (χ0v) is 23.8. The number of hydrogen-bond donors (Lipinski definition) is 2. The molecule has 42 heavy (non-hydrogen) atoms. The molecule has 0 unspecified atom stereocenters. The van der Waals surface area contributed by atoms with E-state index in [0.29, 0.717) is 18.8 Å². The zero-order chi connectivity index (χ0) is 28.3. The van der Waals surface area contributed by atoms with Gasteiger partial charge in [-0.1, -0.05) is 54.6 Å². The minimum Gasteiger partial charge on any atom is -0.507 e. The van der Waals surface area contributed by atoms with E-state index in [1.165, 1.54) is 10.8 Å². The largest absolute Gasteiger partial charge is 0.507 e. The molecule has 7 nitrogen and oxygen atoms in total. The molecule has 0 atom stereocenters. The van der Waals surface area contributed by atoms with Gasteiger partial charge in [0.05, 0.1) is 43.3 Å². The second-order valence-corrected chi connectivity index (χ2v) is 11.2. The maximum Gasteiger partial charge on any atom is 0.124 e. The number of benzene rings is 4. The molecular weight excluding hydrogens is 524 g/mol. The van der Waals surface area contributed by atoms with Crippen LogP contribution in [0.2, 0.25) is 0 Å². The van der Waals surface area contributed by atoms with E-state index in [4.69, 9.17) is 14.5 Å². The Kier molecular flexibility index (Phi) is 7.72. The Balaban J connectivity index is 1.27. The van der Waals surface area contributed by atoms with Crippen molar-refractivity contribution in [2.75, 3.05) is 57.9 Å². The lowest BCUT2D eigenvalue weighted by Crippen LogP contribution is -2.36. The van der Waals surface area contributed by atoms with Gasteiger partial charge in [0.25, 0.3) is 0 Å². The summed E-state index contributed by atoms with van der Waals surface area (Å²) in [4.78, 5) is 9.74. The van der Waals surface area contributed by atoms with Crippen molar-refractivity contribution in [1.29, 1.82) is 0 Å². The average Bonchev–Trinajstić information content (AvgIpc) is 3.04. The third-order valence-electron chi connectivity index (χ3n) is 8.30. The predicted octanol–water partition coefficient (Wildman–Crippen LogP) is 6.17. The van der Waals surface area contributed by atoms with Gasteiger partial charge in [0.1, 0.15) is 5.75 Å². The Morgan fingerprint density at radius 2 is 1.31 bits per heavy atom. The van der Waals surface area contributed by atoms with Crippen LogP contribution in [0, 0.1) is 0 Å². The topological polar surface area (TPSA) is 70.1 Å². The molecule has 7 heteroatoms. The Bertz CT molecular complexity index is 1670. The van der Waals surface area contributed by atoms with Crippen LogP contribution < -0.4 is 5.32 Å². The van der Waals surface area contributed by atoms with Crippen molar-refractivity contribution < 1.29 is 14.6 Å². The molecule has 7 rings (SSSR count). The maximum atomic E-state index is 11.4. The van der Waals surface area contributed by atoms with Crippen molar-refractivity contribution in [3.05, 3.63) is 96.1 Å². The fourth-order valence-electron chi connectivity index (χ4n) is 6.00. The lowest BCUT2D eigenvalue weighted by molar-refractivity contribution is 0.0328. The number of fused-ring (bicyclic) bond motifs is 2. The van der Waals surface area contributed by atoms with Gasteiger partial charge in [0.2, 0.25) is 0 Å². The van der Waals surface area contributed by atoms with Crippen LogP contribution in [0.25, 0.3) is 32.9 Å². The molecule has 2 aliphatic rings. The first-order valence-corrected chi connectivity index (χ1v) is 14.8. The van der Waals surface area contributed by atoms with Crippen molar-refractivity contribution in [1.82, 2.24) is 14.8 Å². The molecule has 0 spiro atoms. The molecule has 5 aromatic rings. The van der Waals surface area contributed by atoms with E-state index < -0.39 is 0 Å². The van der Waals surface area contributed by atoms with Gasteiger partial charge >= 0.3 is 0 Å². The number of nitrogens with zero attached hydrogens (tertiary/aromatic N) is 3. The SMILES string of the molecule is Oc1c(CN2CCOCC2)cc(Nc2cc(-c3ccc4ccccc4c3)nc3ccccc23)cc1CN1CCOCC1. The summed E-state index contributed by atoms with van der Waals surface area (Å²) in [6.07, 6.45) is 0. The normalized spacial score (nSPS) is 16.7.